The molecule has 1 aliphatic carbocycles. The van der Waals surface area contributed by atoms with Gasteiger partial charge in [0.1, 0.15) is 6.61 Å². The monoisotopic (exact) mass is 365 g/mol. The summed E-state index contributed by atoms with van der Waals surface area (Å²) in [5, 5.41) is 0. The third-order valence-corrected chi connectivity index (χ3v) is 6.11. The average molecular weight is 365 g/mol. The largest absolute Gasteiger partial charge is 0.445 e. The van der Waals surface area contributed by atoms with Crippen LogP contribution < -0.4 is 0 Å². The molecule has 4 nitrogen and oxygen atoms in total. The van der Waals surface area contributed by atoms with Crippen LogP contribution in [0.3, 0.4) is 0 Å². The Labute approximate surface area is 161 Å². The first-order valence-corrected chi connectivity index (χ1v) is 9.72. The Morgan fingerprint density at radius 2 is 1.52 bits per heavy atom. The van der Waals surface area contributed by atoms with Crippen molar-refractivity contribution in [1.82, 2.24) is 4.90 Å². The van der Waals surface area contributed by atoms with Crippen molar-refractivity contribution in [1.29, 1.82) is 0 Å². The van der Waals surface area contributed by atoms with E-state index in [1.54, 1.807) is 0 Å². The summed E-state index contributed by atoms with van der Waals surface area (Å²) in [6, 6.07) is 20.4. The number of ether oxygens (including phenoxy) is 2. The molecule has 142 valence electrons. The van der Waals surface area contributed by atoms with Crippen molar-refractivity contribution in [3.05, 3.63) is 71.8 Å². The van der Waals surface area contributed by atoms with E-state index in [-0.39, 0.29) is 11.7 Å². The number of carbonyl (C=O) groups is 1. The van der Waals surface area contributed by atoms with Crippen molar-refractivity contribution in [3.63, 3.8) is 0 Å². The molecule has 0 unspecified atom stereocenters. The second-order valence-electron chi connectivity index (χ2n) is 7.92. The molecule has 2 aliphatic rings. The minimum absolute atomic E-state index is 0.100. The molecule has 3 atom stereocenters. The average Bonchev–Trinajstić information content (AvgIpc) is 3.24. The fourth-order valence-corrected chi connectivity index (χ4v) is 4.75. The zero-order valence-corrected chi connectivity index (χ0v) is 15.8. The smallest absolute Gasteiger partial charge is 0.410 e. The Morgan fingerprint density at radius 1 is 0.963 bits per heavy atom. The van der Waals surface area contributed by atoms with Crippen molar-refractivity contribution in [2.24, 2.45) is 11.8 Å². The predicted octanol–water partition coefficient (Wildman–Crippen LogP) is 4.29. The maximum absolute atomic E-state index is 12.4. The fourth-order valence-electron chi connectivity index (χ4n) is 4.75. The van der Waals surface area contributed by atoms with Gasteiger partial charge in [-0.15, -0.1) is 0 Å². The third kappa shape index (κ3) is 4.01. The number of nitrogens with zero attached hydrogens (tertiary/aromatic N) is 1. The normalized spacial score (nSPS) is 26.8. The first-order chi connectivity index (χ1) is 13.2. The molecule has 1 amide bonds. The quantitative estimate of drug-likeness (QED) is 0.793. The molecule has 1 heterocycles. The van der Waals surface area contributed by atoms with Gasteiger partial charge in [-0.3, -0.25) is 0 Å². The minimum atomic E-state index is -0.195. The summed E-state index contributed by atoms with van der Waals surface area (Å²) in [6.45, 7) is 1.89. The van der Waals surface area contributed by atoms with E-state index in [4.69, 9.17) is 9.47 Å². The second-order valence-corrected chi connectivity index (χ2v) is 7.92. The lowest BCUT2D eigenvalue weighted by molar-refractivity contribution is -0.0133. The summed E-state index contributed by atoms with van der Waals surface area (Å²) >= 11 is 0. The van der Waals surface area contributed by atoms with Crippen LogP contribution in [0.25, 0.3) is 0 Å². The molecule has 1 saturated carbocycles. The lowest BCUT2D eigenvalue weighted by Crippen LogP contribution is -2.36. The van der Waals surface area contributed by atoms with Gasteiger partial charge in [-0.25, -0.2) is 4.79 Å². The number of hydrogen-bond acceptors (Lipinski definition) is 3. The van der Waals surface area contributed by atoms with Crippen LogP contribution in [-0.4, -0.2) is 36.8 Å². The van der Waals surface area contributed by atoms with E-state index < -0.39 is 0 Å². The lowest BCUT2D eigenvalue weighted by atomic mass is 9.91. The summed E-state index contributed by atoms with van der Waals surface area (Å²) in [6.07, 6.45) is 2.76. The molecule has 1 aliphatic heterocycles. The molecule has 0 N–H and O–H groups in total. The Kier molecular flexibility index (Phi) is 5.17. The minimum Gasteiger partial charge on any atom is -0.445 e. The van der Waals surface area contributed by atoms with E-state index in [9.17, 15) is 4.79 Å². The van der Waals surface area contributed by atoms with Gasteiger partial charge in [0.2, 0.25) is 0 Å². The number of rotatable bonds is 5. The molecular weight excluding hydrogens is 338 g/mol. The van der Waals surface area contributed by atoms with Gasteiger partial charge >= 0.3 is 6.09 Å². The van der Waals surface area contributed by atoms with E-state index in [0.717, 1.165) is 37.9 Å². The second kappa shape index (κ2) is 7.73. The molecule has 0 bridgehead atoms. The van der Waals surface area contributed by atoms with E-state index >= 15 is 0 Å². The number of methoxy groups -OCH3 is 1. The van der Waals surface area contributed by atoms with Gasteiger partial charge < -0.3 is 14.4 Å². The molecular formula is C23H27NO3. The first kappa shape index (κ1) is 18.1. The van der Waals surface area contributed by atoms with Gasteiger partial charge in [0.25, 0.3) is 0 Å². The van der Waals surface area contributed by atoms with Gasteiger partial charge in [-0.2, -0.15) is 0 Å². The van der Waals surface area contributed by atoms with Crippen molar-refractivity contribution in [2.75, 3.05) is 20.2 Å². The highest BCUT2D eigenvalue weighted by Crippen LogP contribution is 2.47. The van der Waals surface area contributed by atoms with Crippen LogP contribution in [0.1, 0.15) is 24.0 Å². The first-order valence-electron chi connectivity index (χ1n) is 9.72. The van der Waals surface area contributed by atoms with Crippen LogP contribution in [-0.2, 0) is 22.5 Å². The van der Waals surface area contributed by atoms with Gasteiger partial charge in [0.15, 0.2) is 0 Å². The standard InChI is InChI=1S/C23H27NO3/c1-26-23(12-18-8-4-2-5-9-18)13-20-15-24(16-21(20)14-23)22(25)27-17-19-10-6-3-7-11-19/h2-11,20-21H,12-17H2,1H3/t20-,21+,23-. The van der Waals surface area contributed by atoms with Crippen LogP contribution in [0, 0.1) is 11.8 Å². The summed E-state index contributed by atoms with van der Waals surface area (Å²) in [5.74, 6) is 0.996. The molecule has 27 heavy (non-hydrogen) atoms. The van der Waals surface area contributed by atoms with Crippen molar-refractivity contribution < 1.29 is 14.3 Å². The Hall–Kier alpha value is -2.33. The van der Waals surface area contributed by atoms with Crippen molar-refractivity contribution in [2.45, 2.75) is 31.5 Å². The molecule has 4 rings (SSSR count). The number of amides is 1. The van der Waals surface area contributed by atoms with Crippen LogP contribution in [0.15, 0.2) is 60.7 Å². The summed E-state index contributed by atoms with van der Waals surface area (Å²) in [5.41, 5.74) is 2.24. The van der Waals surface area contributed by atoms with E-state index in [0.29, 0.717) is 18.4 Å². The highest BCUT2D eigenvalue weighted by atomic mass is 16.6. The van der Waals surface area contributed by atoms with Crippen LogP contribution >= 0.6 is 0 Å². The SMILES string of the molecule is CO[C@@]1(Cc2ccccc2)C[C@H]2CN(C(=O)OCc3ccccc3)C[C@H]2C1. The van der Waals surface area contributed by atoms with Crippen LogP contribution in [0.2, 0.25) is 0 Å². The maximum atomic E-state index is 12.4. The van der Waals surface area contributed by atoms with Gasteiger partial charge in [0.05, 0.1) is 5.60 Å². The number of benzene rings is 2. The maximum Gasteiger partial charge on any atom is 0.410 e. The molecule has 0 radical (unpaired) electrons. The molecule has 2 fully saturated rings. The van der Waals surface area contributed by atoms with Crippen LogP contribution in [0.4, 0.5) is 4.79 Å². The lowest BCUT2D eigenvalue weighted by Gasteiger charge is -2.30. The molecule has 2 aromatic rings. The summed E-state index contributed by atoms with van der Waals surface area (Å²) in [4.78, 5) is 14.3. The summed E-state index contributed by atoms with van der Waals surface area (Å²) < 4.78 is 11.5. The zero-order chi connectivity index (χ0) is 18.7. The molecule has 1 saturated heterocycles. The van der Waals surface area contributed by atoms with Crippen molar-refractivity contribution >= 4 is 6.09 Å². The third-order valence-electron chi connectivity index (χ3n) is 6.11. The number of hydrogen-bond donors (Lipinski definition) is 0. The number of likely N-dealkylation sites (tertiary alicyclic amines) is 1. The number of carbonyl (C=O) groups excluding carboxylic acids is 1. The fraction of sp³-hybridized carbons (Fsp3) is 0.435. The predicted molar refractivity (Wildman–Crippen MR) is 104 cm³/mol. The van der Waals surface area contributed by atoms with E-state index in [1.807, 2.05) is 48.4 Å². The molecule has 2 aromatic carbocycles. The molecule has 0 spiro atoms. The Balaban J connectivity index is 1.32. The van der Waals surface area contributed by atoms with Gasteiger partial charge in [0, 0.05) is 26.6 Å². The molecule has 4 heteroatoms. The molecule has 0 aromatic heterocycles. The van der Waals surface area contributed by atoms with E-state index in [1.165, 1.54) is 5.56 Å². The van der Waals surface area contributed by atoms with E-state index in [2.05, 4.69) is 24.3 Å². The Bertz CT molecular complexity index is 748. The Morgan fingerprint density at radius 3 is 2.07 bits per heavy atom. The van der Waals surface area contributed by atoms with Crippen LogP contribution in [0.5, 0.6) is 0 Å². The summed E-state index contributed by atoms with van der Waals surface area (Å²) in [7, 11) is 1.83. The van der Waals surface area contributed by atoms with Gasteiger partial charge in [-0.1, -0.05) is 60.7 Å². The number of fused-ring (bicyclic) bond motifs is 1. The van der Waals surface area contributed by atoms with Gasteiger partial charge in [-0.05, 0) is 35.8 Å². The zero-order valence-electron chi connectivity index (χ0n) is 15.8. The van der Waals surface area contributed by atoms with Crippen molar-refractivity contribution in [3.8, 4) is 0 Å². The highest BCUT2D eigenvalue weighted by molar-refractivity contribution is 5.68. The highest BCUT2D eigenvalue weighted by Gasteiger charge is 2.50. The topological polar surface area (TPSA) is 38.8 Å².